The first-order chi connectivity index (χ1) is 10.1. The van der Waals surface area contributed by atoms with Crippen LogP contribution in [0.25, 0.3) is 0 Å². The van der Waals surface area contributed by atoms with E-state index in [1.807, 2.05) is 0 Å². The zero-order valence-electron chi connectivity index (χ0n) is 13.9. The number of aryl methyl sites for hydroxylation is 1. The minimum atomic E-state index is -4.27. The smallest absolute Gasteiger partial charge is 0.416 e. The van der Waals surface area contributed by atoms with Crippen LogP contribution in [0.2, 0.25) is 17.1 Å². The van der Waals surface area contributed by atoms with E-state index in [0.717, 1.165) is 43.0 Å². The van der Waals surface area contributed by atoms with Crippen molar-refractivity contribution in [1.29, 1.82) is 0 Å². The Morgan fingerprint density at radius 1 is 0.955 bits per heavy atom. The van der Waals surface area contributed by atoms with E-state index in [4.69, 9.17) is 0 Å². The predicted octanol–water partition coefficient (Wildman–Crippen LogP) is 5.79. The van der Waals surface area contributed by atoms with Crippen molar-refractivity contribution in [2.24, 2.45) is 0 Å². The van der Waals surface area contributed by atoms with Gasteiger partial charge in [0.15, 0.2) is 8.32 Å². The summed E-state index contributed by atoms with van der Waals surface area (Å²) in [6.07, 6.45) is -1.67. The van der Waals surface area contributed by atoms with Crippen LogP contribution in [0.3, 0.4) is 0 Å². The second-order valence-corrected chi connectivity index (χ2v) is 11.5. The Balaban J connectivity index is 2.48. The topological polar surface area (TPSA) is 20.2 Å². The number of hydrogen-bond acceptors (Lipinski definition) is 1. The Bertz CT molecular complexity index is 444. The summed E-state index contributed by atoms with van der Waals surface area (Å²) < 4.78 is 37.5. The lowest BCUT2D eigenvalue weighted by Gasteiger charge is -2.33. The van der Waals surface area contributed by atoms with E-state index < -0.39 is 20.1 Å². The highest BCUT2D eigenvalue weighted by Crippen LogP contribution is 2.35. The minimum Gasteiger partial charge on any atom is -0.431 e. The molecule has 0 aliphatic heterocycles. The molecule has 0 unspecified atom stereocenters. The first-order valence-corrected chi connectivity index (χ1v) is 10.3. The molecule has 1 aromatic rings. The van der Waals surface area contributed by atoms with Crippen LogP contribution in [0.5, 0.6) is 0 Å². The van der Waals surface area contributed by atoms with Crippen LogP contribution in [-0.2, 0) is 12.6 Å². The maximum absolute atomic E-state index is 12.5. The molecule has 1 N–H and O–H groups in total. The number of halogens is 3. The zero-order chi connectivity index (χ0) is 17.0. The zero-order valence-corrected chi connectivity index (χ0v) is 14.9. The van der Waals surface area contributed by atoms with Gasteiger partial charge in [0.05, 0.1) is 5.56 Å². The van der Waals surface area contributed by atoms with Crippen molar-refractivity contribution >= 4 is 8.32 Å². The average Bonchev–Trinajstić information content (AvgIpc) is 2.42. The number of hydrogen-bond donors (Lipinski definition) is 1. The van der Waals surface area contributed by atoms with E-state index >= 15 is 0 Å². The van der Waals surface area contributed by atoms with E-state index in [1.165, 1.54) is 0 Å². The molecule has 0 aromatic heterocycles. The highest BCUT2D eigenvalue weighted by molar-refractivity contribution is 6.75. The molecule has 126 valence electrons. The van der Waals surface area contributed by atoms with E-state index in [9.17, 15) is 18.0 Å². The minimum absolute atomic E-state index is 0.332. The van der Waals surface area contributed by atoms with Gasteiger partial charge in [-0.05, 0) is 47.7 Å². The molecule has 0 bridgehead atoms. The van der Waals surface area contributed by atoms with Crippen LogP contribution in [0.15, 0.2) is 24.3 Å². The largest absolute Gasteiger partial charge is 0.431 e. The monoisotopic (exact) mass is 332 g/mol. The van der Waals surface area contributed by atoms with E-state index in [1.54, 1.807) is 12.1 Å². The van der Waals surface area contributed by atoms with E-state index in [2.05, 4.69) is 27.7 Å². The normalized spacial score (nSPS) is 13.2. The Hall–Kier alpha value is -0.813. The summed E-state index contributed by atoms with van der Waals surface area (Å²) in [5.74, 6) is 0. The third-order valence-electron chi connectivity index (χ3n) is 4.57. The summed E-state index contributed by atoms with van der Waals surface area (Å²) >= 11 is 0. The van der Waals surface area contributed by atoms with Crippen LogP contribution >= 0.6 is 0 Å². The van der Waals surface area contributed by atoms with Crippen molar-refractivity contribution in [2.75, 3.05) is 0 Å². The van der Waals surface area contributed by atoms with E-state index in [-0.39, 0.29) is 0 Å². The highest BCUT2D eigenvalue weighted by atomic mass is 28.4. The van der Waals surface area contributed by atoms with Gasteiger partial charge in [0.25, 0.3) is 0 Å². The lowest BCUT2D eigenvalue weighted by molar-refractivity contribution is -0.137. The van der Waals surface area contributed by atoms with Gasteiger partial charge in [0, 0.05) is 0 Å². The molecule has 22 heavy (non-hydrogen) atoms. The maximum Gasteiger partial charge on any atom is 0.416 e. The number of alkyl halides is 3. The third-order valence-corrected chi connectivity index (χ3v) is 9.73. The Morgan fingerprint density at radius 2 is 1.45 bits per heavy atom. The molecule has 0 fully saturated rings. The van der Waals surface area contributed by atoms with Crippen molar-refractivity contribution in [2.45, 2.75) is 70.3 Å². The molecule has 0 saturated carbocycles. The Kier molecular flexibility index (Phi) is 6.68. The fraction of sp³-hybridized carbons (Fsp3) is 0.647. The van der Waals surface area contributed by atoms with Crippen molar-refractivity contribution in [3.63, 3.8) is 0 Å². The summed E-state index contributed by atoms with van der Waals surface area (Å²) in [6.45, 7) is 8.34. The van der Waals surface area contributed by atoms with Crippen LogP contribution < -0.4 is 0 Å². The summed E-state index contributed by atoms with van der Waals surface area (Å²) in [4.78, 5) is 10.8. The highest BCUT2D eigenvalue weighted by Gasteiger charge is 2.37. The average molecular weight is 332 g/mol. The molecule has 1 nitrogen and oxygen atoms in total. The molecule has 0 heterocycles. The molecule has 0 radical (unpaired) electrons. The standard InChI is InChI=1S/C17H27F3OSi/c1-13(2)22(21,14(3)4)12-6-5-7-15-8-10-16(11-9-15)17(18,19)20/h8-11,13-14,21H,5-7,12H2,1-4H3. The molecule has 0 saturated heterocycles. The van der Waals surface area contributed by atoms with Gasteiger partial charge < -0.3 is 4.80 Å². The molecule has 1 rings (SSSR count). The molecule has 5 heteroatoms. The first kappa shape index (κ1) is 19.2. The van der Waals surface area contributed by atoms with E-state index in [0.29, 0.717) is 11.1 Å². The van der Waals surface area contributed by atoms with Crippen molar-refractivity contribution < 1.29 is 18.0 Å². The Morgan fingerprint density at radius 3 is 1.86 bits per heavy atom. The molecule has 0 aliphatic rings. The molecule has 0 aliphatic carbocycles. The van der Waals surface area contributed by atoms with Gasteiger partial charge in [0.1, 0.15) is 0 Å². The van der Waals surface area contributed by atoms with Gasteiger partial charge >= 0.3 is 6.18 Å². The van der Waals surface area contributed by atoms with Gasteiger partial charge in [-0.25, -0.2) is 0 Å². The molecular weight excluding hydrogens is 305 g/mol. The Labute approximate surface area is 132 Å². The van der Waals surface area contributed by atoms with Gasteiger partial charge in [0.2, 0.25) is 0 Å². The predicted molar refractivity (Wildman–Crippen MR) is 87.4 cm³/mol. The lowest BCUT2D eigenvalue weighted by Crippen LogP contribution is -2.41. The molecule has 0 amide bonds. The molecular formula is C17H27F3OSi. The second-order valence-electron chi connectivity index (χ2n) is 6.70. The van der Waals surface area contributed by atoms with Gasteiger partial charge in [-0.2, -0.15) is 13.2 Å². The van der Waals surface area contributed by atoms with Gasteiger partial charge in [-0.1, -0.05) is 46.2 Å². The van der Waals surface area contributed by atoms with Crippen LogP contribution in [0.1, 0.15) is 51.7 Å². The fourth-order valence-electron chi connectivity index (χ4n) is 2.84. The van der Waals surface area contributed by atoms with Gasteiger partial charge in [-0.15, -0.1) is 0 Å². The van der Waals surface area contributed by atoms with Crippen molar-refractivity contribution in [1.82, 2.24) is 0 Å². The number of rotatable bonds is 7. The molecule has 0 atom stereocenters. The number of benzene rings is 1. The van der Waals surface area contributed by atoms with Crippen LogP contribution in [0, 0.1) is 0 Å². The number of unbranched alkanes of at least 4 members (excludes halogenated alkanes) is 1. The summed E-state index contributed by atoms with van der Waals surface area (Å²) in [5, 5.41) is 0. The lowest BCUT2D eigenvalue weighted by atomic mass is 10.1. The summed E-state index contributed by atoms with van der Waals surface area (Å²) in [5.41, 5.74) is 0.988. The molecule has 1 aromatic carbocycles. The quantitative estimate of drug-likeness (QED) is 0.495. The summed E-state index contributed by atoms with van der Waals surface area (Å²) in [6, 6.07) is 6.25. The summed E-state index contributed by atoms with van der Waals surface area (Å²) in [7, 11) is -2.22. The molecule has 0 spiro atoms. The first-order valence-electron chi connectivity index (χ1n) is 7.96. The van der Waals surface area contributed by atoms with Crippen LogP contribution in [-0.4, -0.2) is 13.1 Å². The third kappa shape index (κ3) is 5.13. The van der Waals surface area contributed by atoms with Crippen molar-refractivity contribution in [3.05, 3.63) is 35.4 Å². The SMILES string of the molecule is CC(C)[Si](O)(CCCCc1ccc(C(F)(F)F)cc1)C(C)C. The van der Waals surface area contributed by atoms with Crippen LogP contribution in [0.4, 0.5) is 13.2 Å². The van der Waals surface area contributed by atoms with Gasteiger partial charge in [-0.3, -0.25) is 0 Å². The fourth-order valence-corrected chi connectivity index (χ4v) is 6.15. The second kappa shape index (κ2) is 7.64. The van der Waals surface area contributed by atoms with Crippen molar-refractivity contribution in [3.8, 4) is 0 Å². The maximum atomic E-state index is 12.5.